The summed E-state index contributed by atoms with van der Waals surface area (Å²) in [6.45, 7) is 8.70. The second-order valence-corrected chi connectivity index (χ2v) is 7.02. The molecule has 0 spiro atoms. The lowest BCUT2D eigenvalue weighted by Gasteiger charge is -2.21. The third kappa shape index (κ3) is 4.64. The van der Waals surface area contributed by atoms with Crippen molar-refractivity contribution in [3.05, 3.63) is 53.2 Å². The second kappa shape index (κ2) is 8.36. The van der Waals surface area contributed by atoms with Crippen LogP contribution < -0.4 is 10.6 Å². The Balaban J connectivity index is 1.51. The summed E-state index contributed by atoms with van der Waals surface area (Å²) < 4.78 is 5.62. The molecule has 1 aromatic heterocycles. The van der Waals surface area contributed by atoms with Gasteiger partial charge in [-0.3, -0.25) is 9.89 Å². The van der Waals surface area contributed by atoms with E-state index in [0.717, 1.165) is 36.9 Å². The quantitative estimate of drug-likeness (QED) is 0.638. The number of likely N-dealkylation sites (tertiary alicyclic amines) is 1. The number of aliphatic imine (C=N–C) groups is 1. The molecule has 6 heteroatoms. The number of oxazole rings is 1. The van der Waals surface area contributed by atoms with Crippen LogP contribution in [0.5, 0.6) is 0 Å². The molecule has 1 fully saturated rings. The molecule has 0 saturated carbocycles. The average molecular weight is 355 g/mol. The standard InChI is InChI=1S/C20H29N5O/c1-14-10-18(13-25(14)12-17-8-6-5-7-9-17)24-20(21-4)22-11-19-23-15(2)16(3)26-19/h5-9,14,18H,10-13H2,1-4H3,(H2,21,22,24). The van der Waals surface area contributed by atoms with E-state index in [2.05, 4.69) is 62.8 Å². The monoisotopic (exact) mass is 355 g/mol. The number of guanidine groups is 1. The number of nitrogens with zero attached hydrogens (tertiary/aromatic N) is 3. The summed E-state index contributed by atoms with van der Waals surface area (Å²) in [5.74, 6) is 2.34. The van der Waals surface area contributed by atoms with Gasteiger partial charge in [0.1, 0.15) is 5.76 Å². The smallest absolute Gasteiger partial charge is 0.214 e. The van der Waals surface area contributed by atoms with Crippen molar-refractivity contribution in [1.29, 1.82) is 0 Å². The van der Waals surface area contributed by atoms with Crippen molar-refractivity contribution in [2.75, 3.05) is 13.6 Å². The molecule has 140 valence electrons. The number of hydrogen-bond donors (Lipinski definition) is 2. The lowest BCUT2D eigenvalue weighted by molar-refractivity contribution is 0.258. The van der Waals surface area contributed by atoms with Gasteiger partial charge in [-0.2, -0.15) is 0 Å². The first kappa shape index (κ1) is 18.5. The van der Waals surface area contributed by atoms with Crippen LogP contribution in [-0.2, 0) is 13.1 Å². The molecule has 3 rings (SSSR count). The highest BCUT2D eigenvalue weighted by Crippen LogP contribution is 2.20. The number of aromatic nitrogens is 1. The van der Waals surface area contributed by atoms with Crippen LogP contribution in [-0.4, -0.2) is 41.5 Å². The molecule has 2 atom stereocenters. The molecular weight excluding hydrogens is 326 g/mol. The van der Waals surface area contributed by atoms with E-state index in [1.165, 1.54) is 5.56 Å². The largest absolute Gasteiger partial charge is 0.444 e. The Morgan fingerprint density at radius 3 is 2.73 bits per heavy atom. The van der Waals surface area contributed by atoms with Gasteiger partial charge in [-0.15, -0.1) is 0 Å². The van der Waals surface area contributed by atoms with Crippen LogP contribution in [0.3, 0.4) is 0 Å². The lowest BCUT2D eigenvalue weighted by atomic mass is 10.2. The first-order valence-corrected chi connectivity index (χ1v) is 9.23. The summed E-state index contributed by atoms with van der Waals surface area (Å²) in [5, 5.41) is 6.83. The van der Waals surface area contributed by atoms with Crippen molar-refractivity contribution < 1.29 is 4.42 Å². The Bertz CT molecular complexity index is 720. The third-order valence-corrected chi connectivity index (χ3v) is 4.98. The van der Waals surface area contributed by atoms with Crippen molar-refractivity contribution in [3.8, 4) is 0 Å². The van der Waals surface area contributed by atoms with Gasteiger partial charge in [0.15, 0.2) is 5.96 Å². The Kier molecular flexibility index (Phi) is 5.93. The van der Waals surface area contributed by atoms with Crippen LogP contribution in [0.15, 0.2) is 39.7 Å². The molecule has 0 aliphatic carbocycles. The molecule has 6 nitrogen and oxygen atoms in total. The summed E-state index contributed by atoms with van der Waals surface area (Å²) >= 11 is 0. The number of aryl methyl sites for hydroxylation is 2. The van der Waals surface area contributed by atoms with Gasteiger partial charge < -0.3 is 15.1 Å². The first-order chi connectivity index (χ1) is 12.5. The van der Waals surface area contributed by atoms with E-state index in [0.29, 0.717) is 24.5 Å². The number of benzene rings is 1. The molecule has 2 unspecified atom stereocenters. The number of hydrogen-bond acceptors (Lipinski definition) is 4. The lowest BCUT2D eigenvalue weighted by Crippen LogP contribution is -2.44. The molecule has 1 saturated heterocycles. The minimum absolute atomic E-state index is 0.382. The fraction of sp³-hybridized carbons (Fsp3) is 0.500. The minimum Gasteiger partial charge on any atom is -0.444 e. The van der Waals surface area contributed by atoms with E-state index in [1.54, 1.807) is 7.05 Å². The molecule has 0 radical (unpaired) electrons. The summed E-state index contributed by atoms with van der Waals surface area (Å²) in [6.07, 6.45) is 1.10. The van der Waals surface area contributed by atoms with Gasteiger partial charge in [-0.1, -0.05) is 30.3 Å². The van der Waals surface area contributed by atoms with E-state index >= 15 is 0 Å². The summed E-state index contributed by atoms with van der Waals surface area (Å²) in [7, 11) is 1.79. The zero-order valence-corrected chi connectivity index (χ0v) is 16.1. The maximum absolute atomic E-state index is 5.62. The van der Waals surface area contributed by atoms with Crippen molar-refractivity contribution >= 4 is 5.96 Å². The van der Waals surface area contributed by atoms with Crippen LogP contribution in [0.25, 0.3) is 0 Å². The highest BCUT2D eigenvalue weighted by Gasteiger charge is 2.29. The van der Waals surface area contributed by atoms with Crippen molar-refractivity contribution in [2.45, 2.75) is 52.4 Å². The average Bonchev–Trinajstić information content (AvgIpc) is 3.14. The highest BCUT2D eigenvalue weighted by atomic mass is 16.4. The fourth-order valence-corrected chi connectivity index (χ4v) is 3.40. The van der Waals surface area contributed by atoms with E-state index < -0.39 is 0 Å². The maximum atomic E-state index is 5.62. The van der Waals surface area contributed by atoms with E-state index in [-0.39, 0.29) is 0 Å². The van der Waals surface area contributed by atoms with Gasteiger partial charge in [-0.05, 0) is 32.8 Å². The predicted octanol–water partition coefficient (Wildman–Crippen LogP) is 2.62. The Labute approximate surface area is 155 Å². The van der Waals surface area contributed by atoms with Crippen molar-refractivity contribution in [1.82, 2.24) is 20.5 Å². The van der Waals surface area contributed by atoms with E-state index in [9.17, 15) is 0 Å². The van der Waals surface area contributed by atoms with Crippen molar-refractivity contribution in [2.24, 2.45) is 4.99 Å². The van der Waals surface area contributed by atoms with Gasteiger partial charge in [-0.25, -0.2) is 4.98 Å². The van der Waals surface area contributed by atoms with E-state index in [1.807, 2.05) is 13.8 Å². The Hall–Kier alpha value is -2.34. The predicted molar refractivity (Wildman–Crippen MR) is 104 cm³/mol. The summed E-state index contributed by atoms with van der Waals surface area (Å²) in [6, 6.07) is 11.6. The van der Waals surface area contributed by atoms with Gasteiger partial charge in [0.25, 0.3) is 0 Å². The highest BCUT2D eigenvalue weighted by molar-refractivity contribution is 5.79. The fourth-order valence-electron chi connectivity index (χ4n) is 3.40. The molecule has 2 heterocycles. The van der Waals surface area contributed by atoms with Gasteiger partial charge in [0.2, 0.25) is 5.89 Å². The van der Waals surface area contributed by atoms with Crippen LogP contribution >= 0.6 is 0 Å². The second-order valence-electron chi connectivity index (χ2n) is 7.02. The molecule has 0 amide bonds. The molecule has 1 aromatic carbocycles. The molecule has 2 aromatic rings. The summed E-state index contributed by atoms with van der Waals surface area (Å²) in [4.78, 5) is 11.3. The number of nitrogens with one attached hydrogen (secondary N) is 2. The first-order valence-electron chi connectivity index (χ1n) is 9.23. The van der Waals surface area contributed by atoms with Gasteiger partial charge >= 0.3 is 0 Å². The Morgan fingerprint density at radius 2 is 2.08 bits per heavy atom. The van der Waals surface area contributed by atoms with Gasteiger partial charge in [0, 0.05) is 32.2 Å². The molecular formula is C20H29N5O. The zero-order chi connectivity index (χ0) is 18.5. The van der Waals surface area contributed by atoms with Gasteiger partial charge in [0.05, 0.1) is 12.2 Å². The molecule has 0 bridgehead atoms. The molecule has 1 aliphatic rings. The maximum Gasteiger partial charge on any atom is 0.214 e. The molecule has 26 heavy (non-hydrogen) atoms. The minimum atomic E-state index is 0.382. The van der Waals surface area contributed by atoms with Crippen LogP contribution in [0.4, 0.5) is 0 Å². The van der Waals surface area contributed by atoms with Crippen LogP contribution in [0.1, 0.15) is 36.3 Å². The SMILES string of the molecule is CN=C(NCc1nc(C)c(C)o1)NC1CC(C)N(Cc2ccccc2)C1. The normalized spacial score (nSPS) is 21.2. The van der Waals surface area contributed by atoms with Crippen LogP contribution in [0.2, 0.25) is 0 Å². The molecule has 2 N–H and O–H groups in total. The van der Waals surface area contributed by atoms with Crippen LogP contribution in [0, 0.1) is 13.8 Å². The topological polar surface area (TPSA) is 65.7 Å². The summed E-state index contributed by atoms with van der Waals surface area (Å²) in [5.41, 5.74) is 2.29. The third-order valence-electron chi connectivity index (χ3n) is 4.98. The number of rotatable bonds is 5. The zero-order valence-electron chi connectivity index (χ0n) is 16.1. The Morgan fingerprint density at radius 1 is 1.31 bits per heavy atom. The van der Waals surface area contributed by atoms with E-state index in [4.69, 9.17) is 4.42 Å². The molecule has 1 aliphatic heterocycles. The van der Waals surface area contributed by atoms with Crippen molar-refractivity contribution in [3.63, 3.8) is 0 Å².